The molecule has 0 bridgehead atoms. The molecule has 0 aliphatic heterocycles. The van der Waals surface area contributed by atoms with Gasteiger partial charge in [0.05, 0.1) is 0 Å². The van der Waals surface area contributed by atoms with Crippen LogP contribution < -0.4 is 0 Å². The van der Waals surface area contributed by atoms with Gasteiger partial charge >= 0.3 is 0 Å². The smallest absolute Gasteiger partial charge is 0.176 e. The Kier molecular flexibility index (Phi) is 1.13. The first kappa shape index (κ1) is 3.83. The van der Waals surface area contributed by atoms with Crippen LogP contribution in [0.1, 0.15) is 0 Å². The van der Waals surface area contributed by atoms with Crippen molar-refractivity contribution >= 4 is 11.6 Å². The molecular formula is C2H3ClO. The van der Waals surface area contributed by atoms with Gasteiger partial charge in [0.2, 0.25) is 0 Å². The Morgan fingerprint density at radius 1 is 2.00 bits per heavy atom. The average molecular weight is 78.5 g/mol. The lowest BCUT2D eigenvalue weighted by Gasteiger charge is -1.64. The molecule has 2 heteroatoms. The second kappa shape index (κ2) is 1.18. The molecule has 0 aromatic heterocycles. The number of rotatable bonds is 0. The van der Waals surface area contributed by atoms with Crippen LogP contribution >= 0.6 is 11.6 Å². The first-order valence-electron chi connectivity index (χ1n) is 0.766. The molecule has 0 aliphatic rings. The van der Waals surface area contributed by atoms with E-state index in [1.165, 1.54) is 0 Å². The SMILES string of the molecule is C=C(O)Cl. The van der Waals surface area contributed by atoms with Crippen LogP contribution in [0.15, 0.2) is 11.8 Å². The molecule has 0 radical (unpaired) electrons. The van der Waals surface area contributed by atoms with Gasteiger partial charge in [-0.2, -0.15) is 0 Å². The number of aliphatic hydroxyl groups excluding tert-OH is 1. The van der Waals surface area contributed by atoms with Crippen LogP contribution in [-0.4, -0.2) is 5.11 Å². The Bertz CT molecular complexity index is 29.0. The van der Waals surface area contributed by atoms with Gasteiger partial charge in [0, 0.05) is 0 Å². The van der Waals surface area contributed by atoms with E-state index < -0.39 is 0 Å². The second-order valence-electron chi connectivity index (χ2n) is 0.376. The Morgan fingerprint density at radius 3 is 2.00 bits per heavy atom. The number of aliphatic hydroxyl groups is 1. The van der Waals surface area contributed by atoms with Gasteiger partial charge in [-0.1, -0.05) is 0 Å². The third-order valence-electron chi connectivity index (χ3n) is 0. The minimum atomic E-state index is -0.361. The molecular weight excluding hydrogens is 75.5 g/mol. The van der Waals surface area contributed by atoms with E-state index in [2.05, 4.69) is 18.2 Å². The molecule has 0 heterocycles. The summed E-state index contributed by atoms with van der Waals surface area (Å²) in [7, 11) is 0. The minimum Gasteiger partial charge on any atom is -0.499 e. The van der Waals surface area contributed by atoms with Crippen molar-refractivity contribution in [3.05, 3.63) is 11.8 Å². The predicted molar refractivity (Wildman–Crippen MR) is 17.6 cm³/mol. The highest BCUT2D eigenvalue weighted by Gasteiger charge is 1.58. The molecule has 0 rings (SSSR count). The largest absolute Gasteiger partial charge is 0.499 e. The van der Waals surface area contributed by atoms with E-state index in [9.17, 15) is 0 Å². The summed E-state index contributed by atoms with van der Waals surface area (Å²) in [6, 6.07) is 0. The van der Waals surface area contributed by atoms with Crippen LogP contribution in [0.3, 0.4) is 0 Å². The van der Waals surface area contributed by atoms with Crippen LogP contribution in [-0.2, 0) is 0 Å². The summed E-state index contributed by atoms with van der Waals surface area (Å²) >= 11 is 4.64. The van der Waals surface area contributed by atoms with E-state index in [1.54, 1.807) is 0 Å². The van der Waals surface area contributed by atoms with Crippen molar-refractivity contribution in [1.82, 2.24) is 0 Å². The fourth-order valence-corrected chi connectivity index (χ4v) is 0. The zero-order chi connectivity index (χ0) is 3.58. The maximum atomic E-state index is 7.63. The van der Waals surface area contributed by atoms with E-state index in [4.69, 9.17) is 5.11 Å². The number of hydrogen-bond acceptors (Lipinski definition) is 1. The van der Waals surface area contributed by atoms with Crippen molar-refractivity contribution in [2.75, 3.05) is 0 Å². The fourth-order valence-electron chi connectivity index (χ4n) is 0. The van der Waals surface area contributed by atoms with Gasteiger partial charge < -0.3 is 5.11 Å². The van der Waals surface area contributed by atoms with Crippen molar-refractivity contribution in [2.45, 2.75) is 0 Å². The molecule has 0 fully saturated rings. The van der Waals surface area contributed by atoms with Crippen LogP contribution in [0.5, 0.6) is 0 Å². The normalized spacial score (nSPS) is 6.25. The van der Waals surface area contributed by atoms with Gasteiger partial charge in [-0.05, 0) is 18.2 Å². The zero-order valence-electron chi connectivity index (χ0n) is 2.03. The third kappa shape index (κ3) is 43.6. The first-order valence-corrected chi connectivity index (χ1v) is 1.14. The van der Waals surface area contributed by atoms with Crippen molar-refractivity contribution in [3.8, 4) is 0 Å². The Labute approximate surface area is 29.5 Å². The van der Waals surface area contributed by atoms with E-state index in [-0.39, 0.29) is 5.22 Å². The molecule has 4 heavy (non-hydrogen) atoms. The fraction of sp³-hybridized carbons (Fsp3) is 0. The van der Waals surface area contributed by atoms with E-state index in [0.29, 0.717) is 0 Å². The van der Waals surface area contributed by atoms with Gasteiger partial charge in [0.1, 0.15) is 0 Å². The molecule has 0 amide bonds. The maximum Gasteiger partial charge on any atom is 0.176 e. The molecule has 0 aromatic carbocycles. The minimum absolute atomic E-state index is 0.361. The van der Waals surface area contributed by atoms with Crippen molar-refractivity contribution < 1.29 is 5.11 Å². The molecule has 1 nitrogen and oxygen atoms in total. The molecule has 0 spiro atoms. The van der Waals surface area contributed by atoms with Crippen LogP contribution in [0.2, 0.25) is 0 Å². The Hall–Kier alpha value is -0.170. The Morgan fingerprint density at radius 2 is 2.00 bits per heavy atom. The standard InChI is InChI=1S/C2H3ClO/c1-2(3)4/h4H,1H2. The monoisotopic (exact) mass is 78.0 g/mol. The van der Waals surface area contributed by atoms with Gasteiger partial charge in [-0.3, -0.25) is 0 Å². The van der Waals surface area contributed by atoms with Gasteiger partial charge in [0.15, 0.2) is 5.22 Å². The molecule has 0 atom stereocenters. The summed E-state index contributed by atoms with van der Waals surface area (Å²) in [6.07, 6.45) is 0. The van der Waals surface area contributed by atoms with Gasteiger partial charge in [-0.25, -0.2) is 0 Å². The zero-order valence-corrected chi connectivity index (χ0v) is 2.79. The van der Waals surface area contributed by atoms with Crippen LogP contribution in [0, 0.1) is 0 Å². The summed E-state index contributed by atoms with van der Waals surface area (Å²) in [5, 5.41) is 7.27. The van der Waals surface area contributed by atoms with E-state index in [1.807, 2.05) is 0 Å². The highest BCUT2D eigenvalue weighted by Crippen LogP contribution is 1.82. The molecule has 0 unspecified atom stereocenters. The van der Waals surface area contributed by atoms with Gasteiger partial charge in [-0.15, -0.1) is 0 Å². The van der Waals surface area contributed by atoms with Crippen molar-refractivity contribution in [2.24, 2.45) is 0 Å². The summed E-state index contributed by atoms with van der Waals surface area (Å²) in [4.78, 5) is 0. The van der Waals surface area contributed by atoms with E-state index in [0.717, 1.165) is 0 Å². The molecule has 0 saturated carbocycles. The van der Waals surface area contributed by atoms with Gasteiger partial charge in [0.25, 0.3) is 0 Å². The molecule has 0 saturated heterocycles. The lowest BCUT2D eigenvalue weighted by molar-refractivity contribution is 0.455. The van der Waals surface area contributed by atoms with Crippen molar-refractivity contribution in [1.29, 1.82) is 0 Å². The van der Waals surface area contributed by atoms with Crippen LogP contribution in [0.25, 0.3) is 0 Å². The topological polar surface area (TPSA) is 20.2 Å². The molecule has 0 aromatic rings. The molecule has 0 aliphatic carbocycles. The highest BCUT2D eigenvalue weighted by atomic mass is 35.5. The summed E-state index contributed by atoms with van der Waals surface area (Å²) in [6.45, 7) is 2.88. The van der Waals surface area contributed by atoms with Crippen molar-refractivity contribution in [3.63, 3.8) is 0 Å². The number of hydrogen-bond donors (Lipinski definition) is 1. The highest BCUT2D eigenvalue weighted by molar-refractivity contribution is 6.27. The summed E-state index contributed by atoms with van der Waals surface area (Å²) < 4.78 is 0. The van der Waals surface area contributed by atoms with E-state index >= 15 is 0 Å². The third-order valence-corrected chi connectivity index (χ3v) is 0. The predicted octanol–water partition coefficient (Wildman–Crippen LogP) is 1.25. The molecule has 24 valence electrons. The molecule has 1 N–H and O–H groups in total. The lowest BCUT2D eigenvalue weighted by atomic mass is 11.2. The quantitative estimate of drug-likeness (QED) is 0.433. The Balaban J connectivity index is 2.80. The average Bonchev–Trinajstić information content (AvgIpc) is 0.811. The maximum absolute atomic E-state index is 7.63. The van der Waals surface area contributed by atoms with Crippen LogP contribution in [0.4, 0.5) is 0 Å². The first-order chi connectivity index (χ1) is 1.73. The summed E-state index contributed by atoms with van der Waals surface area (Å²) in [5.74, 6) is 0. The summed E-state index contributed by atoms with van der Waals surface area (Å²) in [5.41, 5.74) is 0. The second-order valence-corrected chi connectivity index (χ2v) is 0.813. The lowest BCUT2D eigenvalue weighted by Crippen LogP contribution is -1.47. The number of halogens is 1.